The lowest BCUT2D eigenvalue weighted by Gasteiger charge is -1.93. The molecule has 0 aliphatic carbocycles. The van der Waals surface area contributed by atoms with Crippen LogP contribution in [0.2, 0.25) is 0 Å². The van der Waals surface area contributed by atoms with Gasteiger partial charge in [0.2, 0.25) is 5.89 Å². The zero-order valence-electron chi connectivity index (χ0n) is 6.57. The third-order valence-corrected chi connectivity index (χ3v) is 2.01. The number of hydrogen-bond donors (Lipinski definition) is 1. The molecule has 0 fully saturated rings. The Bertz CT molecular complexity index is 427. The van der Waals surface area contributed by atoms with Crippen molar-refractivity contribution in [2.45, 2.75) is 0 Å². The van der Waals surface area contributed by atoms with Crippen molar-refractivity contribution < 1.29 is 4.42 Å². The lowest BCUT2D eigenvalue weighted by molar-refractivity contribution is 0.590. The Morgan fingerprint density at radius 1 is 1.31 bits per heavy atom. The summed E-state index contributed by atoms with van der Waals surface area (Å²) >= 11 is 3.35. The topological polar surface area (TPSA) is 64.9 Å². The molecule has 0 saturated carbocycles. The van der Waals surface area contributed by atoms with E-state index in [2.05, 4.69) is 26.1 Å². The molecular weight excluding hydrogens is 234 g/mol. The minimum absolute atomic E-state index is 0.0787. The number of nitrogens with two attached hydrogens (primary N) is 1. The van der Waals surface area contributed by atoms with Gasteiger partial charge in [0.05, 0.1) is 0 Å². The van der Waals surface area contributed by atoms with E-state index in [0.717, 1.165) is 10.0 Å². The molecule has 1 aromatic heterocycles. The van der Waals surface area contributed by atoms with Gasteiger partial charge in [0.15, 0.2) is 0 Å². The number of nitrogen functional groups attached to an aromatic ring is 1. The Kier molecular flexibility index (Phi) is 2.02. The number of benzene rings is 1. The van der Waals surface area contributed by atoms with Crippen molar-refractivity contribution in [2.24, 2.45) is 0 Å². The molecule has 0 saturated heterocycles. The molecule has 1 heterocycles. The normalized spacial score (nSPS) is 10.2. The monoisotopic (exact) mass is 239 g/mol. The van der Waals surface area contributed by atoms with Gasteiger partial charge in [-0.3, -0.25) is 0 Å². The minimum atomic E-state index is 0.0787. The van der Waals surface area contributed by atoms with Gasteiger partial charge in [0, 0.05) is 10.0 Å². The van der Waals surface area contributed by atoms with Crippen LogP contribution in [0.25, 0.3) is 11.5 Å². The fourth-order valence-corrected chi connectivity index (χ4v) is 1.37. The summed E-state index contributed by atoms with van der Waals surface area (Å²) in [5.74, 6) is 0.429. The maximum atomic E-state index is 5.30. The van der Waals surface area contributed by atoms with Gasteiger partial charge in [-0.15, -0.1) is 5.10 Å². The summed E-state index contributed by atoms with van der Waals surface area (Å²) in [6, 6.07) is 7.64. The van der Waals surface area contributed by atoms with E-state index in [1.54, 1.807) is 0 Å². The molecule has 13 heavy (non-hydrogen) atoms. The van der Waals surface area contributed by atoms with Crippen molar-refractivity contribution in [3.05, 3.63) is 28.7 Å². The molecule has 0 radical (unpaired) electrons. The van der Waals surface area contributed by atoms with Gasteiger partial charge in [-0.2, -0.15) is 0 Å². The number of rotatable bonds is 1. The fourth-order valence-electron chi connectivity index (χ4n) is 0.973. The molecule has 0 spiro atoms. The quantitative estimate of drug-likeness (QED) is 0.828. The number of anilines is 1. The van der Waals surface area contributed by atoms with E-state index < -0.39 is 0 Å². The minimum Gasteiger partial charge on any atom is -0.404 e. The van der Waals surface area contributed by atoms with E-state index >= 15 is 0 Å². The molecular formula is C8H6BrN3O. The Hall–Kier alpha value is -1.36. The smallest absolute Gasteiger partial charge is 0.313 e. The van der Waals surface area contributed by atoms with Crippen LogP contribution in [-0.4, -0.2) is 10.2 Å². The zero-order valence-corrected chi connectivity index (χ0v) is 8.15. The molecule has 5 heteroatoms. The van der Waals surface area contributed by atoms with Crippen LogP contribution in [-0.2, 0) is 0 Å². The highest BCUT2D eigenvalue weighted by Gasteiger charge is 2.05. The van der Waals surface area contributed by atoms with Gasteiger partial charge >= 0.3 is 6.01 Å². The molecule has 0 amide bonds. The molecule has 4 nitrogen and oxygen atoms in total. The third-order valence-electron chi connectivity index (χ3n) is 1.51. The summed E-state index contributed by atoms with van der Waals surface area (Å²) in [6.07, 6.45) is 0. The van der Waals surface area contributed by atoms with E-state index in [0.29, 0.717) is 5.89 Å². The summed E-state index contributed by atoms with van der Waals surface area (Å²) in [7, 11) is 0. The highest BCUT2D eigenvalue weighted by Crippen LogP contribution is 2.21. The van der Waals surface area contributed by atoms with Gasteiger partial charge in [0.25, 0.3) is 0 Å². The van der Waals surface area contributed by atoms with Crippen molar-refractivity contribution >= 4 is 21.9 Å². The van der Waals surface area contributed by atoms with Crippen molar-refractivity contribution in [1.82, 2.24) is 10.2 Å². The summed E-state index contributed by atoms with van der Waals surface area (Å²) in [4.78, 5) is 0. The molecule has 1 aromatic carbocycles. The number of nitrogens with zero attached hydrogens (tertiary/aromatic N) is 2. The second kappa shape index (κ2) is 3.18. The Morgan fingerprint density at radius 2 is 2.15 bits per heavy atom. The van der Waals surface area contributed by atoms with Crippen LogP contribution in [0.5, 0.6) is 0 Å². The van der Waals surface area contributed by atoms with Gasteiger partial charge in [-0.1, -0.05) is 27.1 Å². The van der Waals surface area contributed by atoms with Crippen LogP contribution in [0, 0.1) is 0 Å². The molecule has 2 aromatic rings. The van der Waals surface area contributed by atoms with Crippen LogP contribution in [0.3, 0.4) is 0 Å². The van der Waals surface area contributed by atoms with Crippen LogP contribution < -0.4 is 5.73 Å². The van der Waals surface area contributed by atoms with E-state index in [9.17, 15) is 0 Å². The summed E-state index contributed by atoms with van der Waals surface area (Å²) in [5.41, 5.74) is 6.15. The number of hydrogen-bond acceptors (Lipinski definition) is 4. The Balaban J connectivity index is 2.46. The van der Waals surface area contributed by atoms with E-state index in [1.165, 1.54) is 0 Å². The molecule has 0 aliphatic rings. The van der Waals surface area contributed by atoms with Crippen LogP contribution in [0.4, 0.5) is 6.01 Å². The van der Waals surface area contributed by atoms with Gasteiger partial charge in [-0.05, 0) is 18.2 Å². The van der Waals surface area contributed by atoms with Crippen molar-refractivity contribution in [1.29, 1.82) is 0 Å². The van der Waals surface area contributed by atoms with Gasteiger partial charge in [0.1, 0.15) is 0 Å². The van der Waals surface area contributed by atoms with Crippen molar-refractivity contribution in [2.75, 3.05) is 5.73 Å². The zero-order chi connectivity index (χ0) is 9.26. The second-order valence-electron chi connectivity index (χ2n) is 2.46. The lowest BCUT2D eigenvalue weighted by atomic mass is 10.2. The molecule has 2 N–H and O–H groups in total. The second-order valence-corrected chi connectivity index (χ2v) is 3.37. The van der Waals surface area contributed by atoms with Crippen LogP contribution in [0.1, 0.15) is 0 Å². The lowest BCUT2D eigenvalue weighted by Crippen LogP contribution is -1.81. The number of halogens is 1. The maximum absolute atomic E-state index is 5.30. The largest absolute Gasteiger partial charge is 0.404 e. The third kappa shape index (κ3) is 1.70. The molecule has 0 atom stereocenters. The van der Waals surface area contributed by atoms with E-state index in [1.807, 2.05) is 24.3 Å². The van der Waals surface area contributed by atoms with Crippen molar-refractivity contribution in [3.8, 4) is 11.5 Å². The summed E-state index contributed by atoms with van der Waals surface area (Å²) in [5, 5.41) is 7.33. The average molecular weight is 240 g/mol. The first-order valence-electron chi connectivity index (χ1n) is 3.60. The van der Waals surface area contributed by atoms with E-state index in [-0.39, 0.29) is 6.01 Å². The summed E-state index contributed by atoms with van der Waals surface area (Å²) < 4.78 is 6.02. The molecule has 66 valence electrons. The molecule has 0 bridgehead atoms. The fraction of sp³-hybridized carbons (Fsp3) is 0. The average Bonchev–Trinajstić information content (AvgIpc) is 2.52. The number of aromatic nitrogens is 2. The standard InChI is InChI=1S/C8H6BrN3O/c9-6-3-1-2-5(4-6)7-11-12-8(10)13-7/h1-4H,(H2,10,12). The van der Waals surface area contributed by atoms with Gasteiger partial charge in [-0.25, -0.2) is 0 Å². The first kappa shape index (κ1) is 8.25. The maximum Gasteiger partial charge on any atom is 0.313 e. The predicted molar refractivity (Wildman–Crippen MR) is 51.8 cm³/mol. The molecule has 2 rings (SSSR count). The summed E-state index contributed by atoms with van der Waals surface area (Å²) in [6.45, 7) is 0. The van der Waals surface area contributed by atoms with Gasteiger partial charge < -0.3 is 10.2 Å². The van der Waals surface area contributed by atoms with Crippen LogP contribution in [0.15, 0.2) is 33.2 Å². The van der Waals surface area contributed by atoms with Crippen molar-refractivity contribution in [3.63, 3.8) is 0 Å². The first-order valence-corrected chi connectivity index (χ1v) is 4.40. The SMILES string of the molecule is Nc1nnc(-c2cccc(Br)c2)o1. The van der Waals surface area contributed by atoms with Crippen LogP contribution >= 0.6 is 15.9 Å². The predicted octanol–water partition coefficient (Wildman–Crippen LogP) is 2.08. The Morgan fingerprint density at radius 3 is 2.77 bits per heavy atom. The highest BCUT2D eigenvalue weighted by atomic mass is 79.9. The first-order chi connectivity index (χ1) is 6.25. The molecule has 0 unspecified atom stereocenters. The Labute approximate surface area is 82.9 Å². The molecule has 0 aliphatic heterocycles. The highest BCUT2D eigenvalue weighted by molar-refractivity contribution is 9.10. The van der Waals surface area contributed by atoms with E-state index in [4.69, 9.17) is 10.2 Å².